The lowest BCUT2D eigenvalue weighted by Crippen LogP contribution is -2.17. The summed E-state index contributed by atoms with van der Waals surface area (Å²) in [6.45, 7) is 3.01. The van der Waals surface area contributed by atoms with Crippen LogP contribution in [0, 0.1) is 11.8 Å². The van der Waals surface area contributed by atoms with Crippen molar-refractivity contribution in [2.45, 2.75) is 32.4 Å². The number of anilines is 1. The molecule has 18 heavy (non-hydrogen) atoms. The van der Waals surface area contributed by atoms with Crippen molar-refractivity contribution < 1.29 is 13.2 Å². The summed E-state index contributed by atoms with van der Waals surface area (Å²) in [6.07, 6.45) is 0.238. The Labute approximate surface area is 105 Å². The van der Waals surface area contributed by atoms with E-state index in [2.05, 4.69) is 17.2 Å². The summed E-state index contributed by atoms with van der Waals surface area (Å²) in [5.74, 6) is 1.81. The van der Waals surface area contributed by atoms with Gasteiger partial charge in [-0.05, 0) is 30.4 Å². The van der Waals surface area contributed by atoms with Gasteiger partial charge in [0.25, 0.3) is 0 Å². The van der Waals surface area contributed by atoms with Gasteiger partial charge in [0.1, 0.15) is 5.82 Å². The van der Waals surface area contributed by atoms with Crippen LogP contribution in [-0.2, 0) is 6.18 Å². The Hall–Kier alpha value is -1.26. The van der Waals surface area contributed by atoms with E-state index in [1.165, 1.54) is 25.3 Å². The molecular weight excluding hydrogens is 241 g/mol. The van der Waals surface area contributed by atoms with Gasteiger partial charge in [0.2, 0.25) is 0 Å². The molecule has 5 heteroatoms. The number of alkyl halides is 3. The van der Waals surface area contributed by atoms with Crippen LogP contribution in [0.4, 0.5) is 19.0 Å². The van der Waals surface area contributed by atoms with Gasteiger partial charge in [0.05, 0.1) is 5.56 Å². The topological polar surface area (TPSA) is 24.9 Å². The number of pyridine rings is 1. The van der Waals surface area contributed by atoms with Crippen molar-refractivity contribution in [3.05, 3.63) is 23.9 Å². The average Bonchev–Trinajstić information content (AvgIpc) is 2.72. The van der Waals surface area contributed by atoms with E-state index in [1.807, 2.05) is 0 Å². The Morgan fingerprint density at radius 2 is 2.11 bits per heavy atom. The largest absolute Gasteiger partial charge is 0.417 e. The standard InChI is InChI=1S/C13H17F3N2/c1-9-3-2-4-10(9)7-17-12-6-5-11(8-18-12)13(14,15)16/h5-6,8-10H,2-4,7H2,1H3,(H,17,18). The molecule has 0 spiro atoms. The summed E-state index contributed by atoms with van der Waals surface area (Å²) in [7, 11) is 0. The van der Waals surface area contributed by atoms with Crippen LogP contribution in [0.5, 0.6) is 0 Å². The normalized spacial score (nSPS) is 24.2. The molecule has 100 valence electrons. The van der Waals surface area contributed by atoms with Crippen molar-refractivity contribution >= 4 is 5.82 Å². The van der Waals surface area contributed by atoms with E-state index in [4.69, 9.17) is 0 Å². The number of nitrogens with zero attached hydrogens (tertiary/aromatic N) is 1. The molecule has 0 aliphatic heterocycles. The van der Waals surface area contributed by atoms with Crippen LogP contribution in [0.25, 0.3) is 0 Å². The minimum Gasteiger partial charge on any atom is -0.370 e. The Morgan fingerprint density at radius 3 is 2.61 bits per heavy atom. The third-order valence-electron chi connectivity index (χ3n) is 3.68. The molecule has 2 nitrogen and oxygen atoms in total. The Balaban J connectivity index is 1.90. The van der Waals surface area contributed by atoms with Gasteiger partial charge in [-0.15, -0.1) is 0 Å². The maximum atomic E-state index is 12.3. The molecule has 2 atom stereocenters. The van der Waals surface area contributed by atoms with Crippen molar-refractivity contribution in [1.82, 2.24) is 4.98 Å². The first-order valence-electron chi connectivity index (χ1n) is 6.24. The molecule has 1 aliphatic rings. The maximum Gasteiger partial charge on any atom is 0.417 e. The van der Waals surface area contributed by atoms with Crippen LogP contribution in [0.3, 0.4) is 0 Å². The summed E-state index contributed by atoms with van der Waals surface area (Å²) < 4.78 is 37.0. The fourth-order valence-electron chi connectivity index (χ4n) is 2.43. The molecule has 0 saturated heterocycles. The van der Waals surface area contributed by atoms with Gasteiger partial charge in [-0.1, -0.05) is 19.8 Å². The summed E-state index contributed by atoms with van der Waals surface area (Å²) >= 11 is 0. The first kappa shape index (κ1) is 13.2. The van der Waals surface area contributed by atoms with E-state index in [0.717, 1.165) is 18.8 Å². The molecule has 1 fully saturated rings. The molecule has 0 amide bonds. The summed E-state index contributed by atoms with van der Waals surface area (Å²) in [4.78, 5) is 3.80. The minimum atomic E-state index is -4.31. The van der Waals surface area contributed by atoms with E-state index < -0.39 is 11.7 Å². The van der Waals surface area contributed by atoms with E-state index in [-0.39, 0.29) is 0 Å². The summed E-state index contributed by atoms with van der Waals surface area (Å²) in [5, 5.41) is 3.12. The Morgan fingerprint density at radius 1 is 1.33 bits per heavy atom. The number of aromatic nitrogens is 1. The number of rotatable bonds is 3. The molecule has 0 bridgehead atoms. The van der Waals surface area contributed by atoms with Crippen molar-refractivity contribution in [3.63, 3.8) is 0 Å². The first-order chi connectivity index (χ1) is 8.47. The predicted octanol–water partition coefficient (Wildman–Crippen LogP) is 3.95. The van der Waals surface area contributed by atoms with Crippen molar-refractivity contribution in [2.24, 2.45) is 11.8 Å². The van der Waals surface area contributed by atoms with Gasteiger partial charge >= 0.3 is 6.18 Å². The smallest absolute Gasteiger partial charge is 0.370 e. The van der Waals surface area contributed by atoms with Crippen molar-refractivity contribution in [3.8, 4) is 0 Å². The molecule has 1 aliphatic carbocycles. The monoisotopic (exact) mass is 258 g/mol. The van der Waals surface area contributed by atoms with Crippen LogP contribution >= 0.6 is 0 Å². The molecule has 1 saturated carbocycles. The zero-order valence-electron chi connectivity index (χ0n) is 10.3. The summed E-state index contributed by atoms with van der Waals surface area (Å²) in [6, 6.07) is 2.45. The highest BCUT2D eigenvalue weighted by atomic mass is 19.4. The second-order valence-electron chi connectivity index (χ2n) is 4.98. The number of nitrogens with one attached hydrogen (secondary N) is 1. The van der Waals surface area contributed by atoms with Gasteiger partial charge in [0.15, 0.2) is 0 Å². The SMILES string of the molecule is CC1CCCC1CNc1ccc(C(F)(F)F)cn1. The van der Waals surface area contributed by atoms with Gasteiger partial charge < -0.3 is 5.32 Å². The third kappa shape index (κ3) is 3.15. The lowest BCUT2D eigenvalue weighted by atomic mass is 9.98. The average molecular weight is 258 g/mol. The maximum absolute atomic E-state index is 12.3. The van der Waals surface area contributed by atoms with Crippen LogP contribution < -0.4 is 5.32 Å². The highest BCUT2D eigenvalue weighted by Gasteiger charge is 2.30. The van der Waals surface area contributed by atoms with Crippen molar-refractivity contribution in [1.29, 1.82) is 0 Å². The second-order valence-corrected chi connectivity index (χ2v) is 4.98. The molecule has 1 aromatic rings. The van der Waals surface area contributed by atoms with Crippen LogP contribution in [0.15, 0.2) is 18.3 Å². The van der Waals surface area contributed by atoms with E-state index in [1.54, 1.807) is 0 Å². The second kappa shape index (κ2) is 5.16. The fourth-order valence-corrected chi connectivity index (χ4v) is 2.43. The molecular formula is C13H17F3N2. The molecule has 1 aromatic heterocycles. The zero-order chi connectivity index (χ0) is 13.2. The Kier molecular flexibility index (Phi) is 3.78. The summed E-state index contributed by atoms with van der Waals surface area (Å²) in [5.41, 5.74) is -0.706. The predicted molar refractivity (Wildman–Crippen MR) is 64.2 cm³/mol. The van der Waals surface area contributed by atoms with Gasteiger partial charge in [-0.2, -0.15) is 13.2 Å². The van der Waals surface area contributed by atoms with Crippen LogP contribution in [0.2, 0.25) is 0 Å². The quantitative estimate of drug-likeness (QED) is 0.888. The third-order valence-corrected chi connectivity index (χ3v) is 3.68. The molecule has 2 unspecified atom stereocenters. The van der Waals surface area contributed by atoms with Gasteiger partial charge in [0, 0.05) is 12.7 Å². The lowest BCUT2D eigenvalue weighted by molar-refractivity contribution is -0.137. The highest BCUT2D eigenvalue weighted by molar-refractivity contribution is 5.36. The van der Waals surface area contributed by atoms with E-state index in [9.17, 15) is 13.2 Å². The van der Waals surface area contributed by atoms with E-state index >= 15 is 0 Å². The number of hydrogen-bond donors (Lipinski definition) is 1. The lowest BCUT2D eigenvalue weighted by Gasteiger charge is -2.16. The van der Waals surface area contributed by atoms with Gasteiger partial charge in [-0.3, -0.25) is 0 Å². The van der Waals surface area contributed by atoms with Crippen LogP contribution in [0.1, 0.15) is 31.7 Å². The zero-order valence-corrected chi connectivity index (χ0v) is 10.3. The van der Waals surface area contributed by atoms with Gasteiger partial charge in [-0.25, -0.2) is 4.98 Å². The number of hydrogen-bond acceptors (Lipinski definition) is 2. The molecule has 1 N–H and O–H groups in total. The molecule has 0 radical (unpaired) electrons. The fraction of sp³-hybridized carbons (Fsp3) is 0.615. The van der Waals surface area contributed by atoms with E-state index in [0.29, 0.717) is 17.7 Å². The highest BCUT2D eigenvalue weighted by Crippen LogP contribution is 2.31. The molecule has 2 rings (SSSR count). The first-order valence-corrected chi connectivity index (χ1v) is 6.24. The van der Waals surface area contributed by atoms with Crippen molar-refractivity contribution in [2.75, 3.05) is 11.9 Å². The Bertz CT molecular complexity index is 386. The molecule has 1 heterocycles. The number of halogens is 3. The molecule has 0 aromatic carbocycles. The minimum absolute atomic E-state index is 0.516. The van der Waals surface area contributed by atoms with Crippen LogP contribution in [-0.4, -0.2) is 11.5 Å².